The van der Waals surface area contributed by atoms with Crippen molar-refractivity contribution in [1.29, 1.82) is 0 Å². The molecule has 0 atom stereocenters. The number of hydrogen-bond donors (Lipinski definition) is 1. The first-order chi connectivity index (χ1) is 10.2. The van der Waals surface area contributed by atoms with Crippen molar-refractivity contribution in [2.45, 2.75) is 20.3 Å². The van der Waals surface area contributed by atoms with Gasteiger partial charge in [0, 0.05) is 17.5 Å². The zero-order valence-corrected chi connectivity index (χ0v) is 12.3. The molecule has 4 heteroatoms. The van der Waals surface area contributed by atoms with Crippen molar-refractivity contribution in [1.82, 2.24) is 9.38 Å². The molecule has 0 bridgehead atoms. The second kappa shape index (κ2) is 5.48. The van der Waals surface area contributed by atoms with Gasteiger partial charge in [-0.25, -0.2) is 4.98 Å². The van der Waals surface area contributed by atoms with Gasteiger partial charge in [0.1, 0.15) is 11.4 Å². The average molecular weight is 281 g/mol. The summed E-state index contributed by atoms with van der Waals surface area (Å²) in [7, 11) is 0. The molecule has 0 saturated heterocycles. The molecule has 0 saturated carbocycles. The van der Waals surface area contributed by atoms with Crippen LogP contribution in [0.25, 0.3) is 16.9 Å². The number of fused-ring (bicyclic) bond motifs is 1. The highest BCUT2D eigenvalue weighted by atomic mass is 16.5. The average Bonchev–Trinajstić information content (AvgIpc) is 2.94. The van der Waals surface area contributed by atoms with E-state index in [2.05, 4.69) is 11.9 Å². The third-order valence-electron chi connectivity index (χ3n) is 3.55. The van der Waals surface area contributed by atoms with E-state index >= 15 is 0 Å². The van der Waals surface area contributed by atoms with Gasteiger partial charge in [-0.15, -0.1) is 0 Å². The lowest BCUT2D eigenvalue weighted by Crippen LogP contribution is -1.96. The third kappa shape index (κ3) is 2.57. The lowest BCUT2D eigenvalue weighted by Gasteiger charge is -2.04. The summed E-state index contributed by atoms with van der Waals surface area (Å²) in [6.45, 7) is 4.83. The van der Waals surface area contributed by atoms with E-state index in [1.807, 2.05) is 53.9 Å². The van der Waals surface area contributed by atoms with Crippen molar-refractivity contribution in [2.75, 3.05) is 12.3 Å². The molecule has 0 aliphatic heterocycles. The Bertz CT molecular complexity index is 760. The Labute approximate surface area is 124 Å². The van der Waals surface area contributed by atoms with Gasteiger partial charge in [0.05, 0.1) is 18.0 Å². The molecule has 2 aromatic heterocycles. The van der Waals surface area contributed by atoms with E-state index in [-0.39, 0.29) is 0 Å². The molecule has 3 rings (SSSR count). The van der Waals surface area contributed by atoms with E-state index in [4.69, 9.17) is 10.5 Å². The summed E-state index contributed by atoms with van der Waals surface area (Å²) in [6, 6.07) is 11.9. The van der Waals surface area contributed by atoms with Crippen LogP contribution in [0.4, 0.5) is 5.69 Å². The quantitative estimate of drug-likeness (QED) is 0.793. The second-order valence-electron chi connectivity index (χ2n) is 5.10. The molecule has 0 spiro atoms. The number of aryl methyl sites for hydroxylation is 1. The highest BCUT2D eigenvalue weighted by Crippen LogP contribution is 2.24. The Morgan fingerprint density at radius 3 is 2.62 bits per heavy atom. The number of pyridine rings is 1. The van der Waals surface area contributed by atoms with Gasteiger partial charge < -0.3 is 14.9 Å². The summed E-state index contributed by atoms with van der Waals surface area (Å²) in [4.78, 5) is 4.64. The van der Waals surface area contributed by atoms with E-state index in [1.165, 1.54) is 0 Å². The van der Waals surface area contributed by atoms with Crippen LogP contribution in [0.3, 0.4) is 0 Å². The van der Waals surface area contributed by atoms with Gasteiger partial charge in [0.25, 0.3) is 0 Å². The molecule has 4 nitrogen and oxygen atoms in total. The number of imidazole rings is 1. The van der Waals surface area contributed by atoms with E-state index in [0.29, 0.717) is 0 Å². The van der Waals surface area contributed by atoms with Crippen LogP contribution >= 0.6 is 0 Å². The minimum absolute atomic E-state index is 0.742. The fourth-order valence-corrected chi connectivity index (χ4v) is 2.29. The zero-order valence-electron chi connectivity index (χ0n) is 12.3. The van der Waals surface area contributed by atoms with Crippen LogP contribution in [0.1, 0.15) is 19.0 Å². The maximum absolute atomic E-state index is 5.94. The van der Waals surface area contributed by atoms with Crippen molar-refractivity contribution in [2.24, 2.45) is 0 Å². The topological polar surface area (TPSA) is 52.5 Å². The van der Waals surface area contributed by atoms with Crippen molar-refractivity contribution < 1.29 is 4.74 Å². The Balaban J connectivity index is 1.95. The Kier molecular flexibility index (Phi) is 3.52. The molecule has 0 amide bonds. The Morgan fingerprint density at radius 2 is 1.90 bits per heavy atom. The van der Waals surface area contributed by atoms with Gasteiger partial charge in [-0.1, -0.05) is 6.92 Å². The number of aromatic nitrogens is 2. The fourth-order valence-electron chi connectivity index (χ4n) is 2.29. The number of benzene rings is 1. The van der Waals surface area contributed by atoms with Gasteiger partial charge in [-0.3, -0.25) is 0 Å². The van der Waals surface area contributed by atoms with E-state index in [9.17, 15) is 0 Å². The minimum atomic E-state index is 0.742. The summed E-state index contributed by atoms with van der Waals surface area (Å²) in [5, 5.41) is 0. The minimum Gasteiger partial charge on any atom is -0.494 e. The van der Waals surface area contributed by atoms with Crippen molar-refractivity contribution >= 4 is 11.3 Å². The number of rotatable bonds is 4. The highest BCUT2D eigenvalue weighted by molar-refractivity contribution is 5.65. The maximum Gasteiger partial charge on any atom is 0.137 e. The number of nitrogens with zero attached hydrogens (tertiary/aromatic N) is 2. The number of ether oxygens (including phenoxy) is 1. The summed E-state index contributed by atoms with van der Waals surface area (Å²) < 4.78 is 7.62. The van der Waals surface area contributed by atoms with Crippen LogP contribution in [0.5, 0.6) is 5.75 Å². The third-order valence-corrected chi connectivity index (χ3v) is 3.55. The largest absolute Gasteiger partial charge is 0.494 e. The van der Waals surface area contributed by atoms with Gasteiger partial charge in [0.2, 0.25) is 0 Å². The summed E-state index contributed by atoms with van der Waals surface area (Å²) >= 11 is 0. The predicted molar refractivity (Wildman–Crippen MR) is 85.6 cm³/mol. The van der Waals surface area contributed by atoms with Gasteiger partial charge in [-0.2, -0.15) is 0 Å². The normalized spacial score (nSPS) is 11.0. The van der Waals surface area contributed by atoms with Gasteiger partial charge >= 0.3 is 0 Å². The van der Waals surface area contributed by atoms with Crippen molar-refractivity contribution in [3.63, 3.8) is 0 Å². The fraction of sp³-hybridized carbons (Fsp3) is 0.235. The van der Waals surface area contributed by atoms with Crippen LogP contribution in [0.15, 0.2) is 42.6 Å². The highest BCUT2D eigenvalue weighted by Gasteiger charge is 2.07. The number of anilines is 1. The molecule has 0 unspecified atom stereocenters. The first kappa shape index (κ1) is 13.5. The van der Waals surface area contributed by atoms with Crippen LogP contribution in [-0.4, -0.2) is 16.0 Å². The number of hydrogen-bond acceptors (Lipinski definition) is 3. The van der Waals surface area contributed by atoms with Crippen molar-refractivity contribution in [3.8, 4) is 17.0 Å². The van der Waals surface area contributed by atoms with Crippen LogP contribution in [0, 0.1) is 6.92 Å². The van der Waals surface area contributed by atoms with E-state index < -0.39 is 0 Å². The molecular formula is C17H19N3O. The maximum atomic E-state index is 5.94. The van der Waals surface area contributed by atoms with E-state index in [1.54, 1.807) is 0 Å². The van der Waals surface area contributed by atoms with Crippen LogP contribution in [-0.2, 0) is 0 Å². The Hall–Kier alpha value is -2.49. The van der Waals surface area contributed by atoms with Crippen LogP contribution in [0.2, 0.25) is 0 Å². The number of nitrogens with two attached hydrogens (primary N) is 1. The lowest BCUT2D eigenvalue weighted by molar-refractivity contribution is 0.317. The summed E-state index contributed by atoms with van der Waals surface area (Å²) in [5.74, 6) is 0.893. The summed E-state index contributed by atoms with van der Waals surface area (Å²) in [5.41, 5.74) is 10.6. The molecule has 0 radical (unpaired) electrons. The molecule has 2 N–H and O–H groups in total. The monoisotopic (exact) mass is 281 g/mol. The number of nitrogen functional groups attached to an aromatic ring is 1. The molecule has 2 heterocycles. The first-order valence-corrected chi connectivity index (χ1v) is 7.16. The van der Waals surface area contributed by atoms with Crippen molar-refractivity contribution in [3.05, 3.63) is 48.3 Å². The molecule has 21 heavy (non-hydrogen) atoms. The SMILES string of the molecule is CCCOc1ccc(-c2cn3c(C)c(N)ccc3n2)cc1. The van der Waals surface area contributed by atoms with Crippen LogP contribution < -0.4 is 10.5 Å². The molecule has 1 aromatic carbocycles. The smallest absolute Gasteiger partial charge is 0.137 e. The van der Waals surface area contributed by atoms with E-state index in [0.717, 1.165) is 47.1 Å². The predicted octanol–water partition coefficient (Wildman–Crippen LogP) is 3.68. The molecule has 3 aromatic rings. The first-order valence-electron chi connectivity index (χ1n) is 7.16. The van der Waals surface area contributed by atoms with Gasteiger partial charge in [0.15, 0.2) is 0 Å². The molecule has 0 fully saturated rings. The lowest BCUT2D eigenvalue weighted by atomic mass is 10.1. The molecular weight excluding hydrogens is 262 g/mol. The molecule has 0 aliphatic carbocycles. The molecule has 108 valence electrons. The standard InChI is InChI=1S/C17H19N3O/c1-3-10-21-14-6-4-13(5-7-14)16-11-20-12(2)15(18)8-9-17(20)19-16/h4-9,11H,3,10,18H2,1-2H3. The second-order valence-corrected chi connectivity index (χ2v) is 5.10. The summed E-state index contributed by atoms with van der Waals surface area (Å²) in [6.07, 6.45) is 3.03. The van der Waals surface area contributed by atoms with Gasteiger partial charge in [-0.05, 0) is 49.7 Å². The Morgan fingerprint density at radius 1 is 1.14 bits per heavy atom. The zero-order chi connectivity index (χ0) is 14.8. The molecule has 0 aliphatic rings.